The Morgan fingerprint density at radius 2 is 2.05 bits per heavy atom. The number of ether oxygens (including phenoxy) is 1. The monoisotopic (exact) mass is 305 g/mol. The second-order valence-electron chi connectivity index (χ2n) is 4.23. The first-order valence-electron chi connectivity index (χ1n) is 5.54. The molecule has 1 N–H and O–H groups in total. The molecule has 106 valence electrons. The lowest BCUT2D eigenvalue weighted by atomic mass is 10.2. The van der Waals surface area contributed by atoms with Gasteiger partial charge in [0, 0.05) is 23.8 Å². The molecular weight excluding hydrogens is 290 g/mol. The van der Waals surface area contributed by atoms with Crippen molar-refractivity contribution in [2.24, 2.45) is 0 Å². The van der Waals surface area contributed by atoms with E-state index in [-0.39, 0.29) is 18.1 Å². The molecule has 1 aromatic rings. The van der Waals surface area contributed by atoms with Gasteiger partial charge in [0.25, 0.3) is 0 Å². The van der Waals surface area contributed by atoms with E-state index in [9.17, 15) is 13.2 Å². The van der Waals surface area contributed by atoms with Gasteiger partial charge in [0.15, 0.2) is 0 Å². The fourth-order valence-electron chi connectivity index (χ4n) is 1.42. The first-order valence-corrected chi connectivity index (χ1v) is 7.98. The van der Waals surface area contributed by atoms with E-state index < -0.39 is 9.84 Å². The lowest BCUT2D eigenvalue weighted by Gasteiger charge is -2.12. The van der Waals surface area contributed by atoms with E-state index in [1.807, 2.05) is 0 Å². The van der Waals surface area contributed by atoms with Crippen LogP contribution in [0.1, 0.15) is 12.0 Å². The van der Waals surface area contributed by atoms with Crippen LogP contribution in [0.4, 0.5) is 5.69 Å². The summed E-state index contributed by atoms with van der Waals surface area (Å²) < 4.78 is 27.1. The van der Waals surface area contributed by atoms with Gasteiger partial charge in [-0.25, -0.2) is 8.42 Å². The fraction of sp³-hybridized carbons (Fsp3) is 0.417. The Hall–Kier alpha value is -1.27. The van der Waals surface area contributed by atoms with Crippen molar-refractivity contribution in [1.29, 1.82) is 0 Å². The lowest BCUT2D eigenvalue weighted by molar-refractivity contribution is -0.115. The van der Waals surface area contributed by atoms with Crippen molar-refractivity contribution in [3.8, 4) is 5.75 Å². The minimum absolute atomic E-state index is 0.0936. The van der Waals surface area contributed by atoms with E-state index in [0.29, 0.717) is 16.5 Å². The molecule has 0 spiro atoms. The summed E-state index contributed by atoms with van der Waals surface area (Å²) in [6.45, 7) is 1.80. The molecule has 0 aliphatic heterocycles. The number of sulfone groups is 1. The largest absolute Gasteiger partial charge is 0.495 e. The summed E-state index contributed by atoms with van der Waals surface area (Å²) >= 11 is 5.95. The number of amides is 1. The molecule has 0 unspecified atom stereocenters. The average molecular weight is 306 g/mol. The summed E-state index contributed by atoms with van der Waals surface area (Å²) in [6, 6.07) is 3.28. The SMILES string of the molecule is COc1cc(Cl)c(C)cc1NC(=O)CCS(C)(=O)=O. The van der Waals surface area contributed by atoms with Gasteiger partial charge in [0.2, 0.25) is 5.91 Å². The Balaban J connectivity index is 2.82. The van der Waals surface area contributed by atoms with Crippen molar-refractivity contribution in [3.63, 3.8) is 0 Å². The van der Waals surface area contributed by atoms with Crippen LogP contribution in [-0.2, 0) is 14.6 Å². The Bertz CT molecular complexity index is 584. The molecule has 19 heavy (non-hydrogen) atoms. The number of carbonyl (C=O) groups excluding carboxylic acids is 1. The second kappa shape index (κ2) is 6.25. The summed E-state index contributed by atoms with van der Waals surface area (Å²) in [6.07, 6.45) is 0.997. The second-order valence-corrected chi connectivity index (χ2v) is 6.90. The minimum Gasteiger partial charge on any atom is -0.495 e. The smallest absolute Gasteiger partial charge is 0.225 e. The Morgan fingerprint density at radius 3 is 2.58 bits per heavy atom. The van der Waals surface area contributed by atoms with Crippen LogP contribution in [0, 0.1) is 6.92 Å². The van der Waals surface area contributed by atoms with Crippen molar-refractivity contribution in [2.75, 3.05) is 24.4 Å². The lowest BCUT2D eigenvalue weighted by Crippen LogP contribution is -2.17. The molecule has 0 saturated carbocycles. The normalized spacial score (nSPS) is 11.2. The third kappa shape index (κ3) is 5.08. The van der Waals surface area contributed by atoms with Crippen LogP contribution in [0.2, 0.25) is 5.02 Å². The average Bonchev–Trinajstić information content (AvgIpc) is 2.30. The first-order chi connectivity index (χ1) is 8.73. The fourth-order valence-corrected chi connectivity index (χ4v) is 2.13. The standard InChI is InChI=1S/C12H16ClNO4S/c1-8-6-10(11(18-2)7-9(8)13)14-12(15)4-5-19(3,16)17/h6-7H,4-5H2,1-3H3,(H,14,15). The predicted octanol–water partition coefficient (Wildman–Crippen LogP) is 2.03. The van der Waals surface area contributed by atoms with Crippen molar-refractivity contribution in [3.05, 3.63) is 22.7 Å². The summed E-state index contributed by atoms with van der Waals surface area (Å²) in [5, 5.41) is 3.15. The van der Waals surface area contributed by atoms with Gasteiger partial charge in [-0.05, 0) is 18.6 Å². The van der Waals surface area contributed by atoms with Gasteiger partial charge in [-0.2, -0.15) is 0 Å². The van der Waals surface area contributed by atoms with Gasteiger partial charge < -0.3 is 10.1 Å². The molecule has 0 atom stereocenters. The number of methoxy groups -OCH3 is 1. The highest BCUT2D eigenvalue weighted by molar-refractivity contribution is 7.90. The zero-order chi connectivity index (χ0) is 14.6. The number of hydrogen-bond acceptors (Lipinski definition) is 4. The number of benzene rings is 1. The van der Waals surface area contributed by atoms with Gasteiger partial charge in [-0.3, -0.25) is 4.79 Å². The van der Waals surface area contributed by atoms with Gasteiger partial charge >= 0.3 is 0 Å². The van der Waals surface area contributed by atoms with Crippen LogP contribution in [0.15, 0.2) is 12.1 Å². The van der Waals surface area contributed by atoms with Crippen LogP contribution >= 0.6 is 11.6 Å². The molecule has 0 heterocycles. The minimum atomic E-state index is -3.16. The van der Waals surface area contributed by atoms with Gasteiger partial charge in [-0.1, -0.05) is 11.6 Å². The molecule has 5 nitrogen and oxygen atoms in total. The van der Waals surface area contributed by atoms with Crippen LogP contribution in [0.5, 0.6) is 5.75 Å². The van der Waals surface area contributed by atoms with Crippen LogP contribution in [0.25, 0.3) is 0 Å². The van der Waals surface area contributed by atoms with Crippen molar-refractivity contribution in [2.45, 2.75) is 13.3 Å². The van der Waals surface area contributed by atoms with Crippen molar-refractivity contribution in [1.82, 2.24) is 0 Å². The van der Waals surface area contributed by atoms with E-state index in [0.717, 1.165) is 11.8 Å². The molecule has 0 saturated heterocycles. The quantitative estimate of drug-likeness (QED) is 0.903. The van der Waals surface area contributed by atoms with Gasteiger partial charge in [0.05, 0.1) is 18.6 Å². The molecule has 0 fully saturated rings. The topological polar surface area (TPSA) is 72.5 Å². The third-order valence-electron chi connectivity index (χ3n) is 2.45. The van der Waals surface area contributed by atoms with Gasteiger partial charge in [-0.15, -0.1) is 0 Å². The van der Waals surface area contributed by atoms with E-state index in [1.165, 1.54) is 7.11 Å². The number of halogens is 1. The molecule has 1 amide bonds. The van der Waals surface area contributed by atoms with E-state index in [4.69, 9.17) is 16.3 Å². The highest BCUT2D eigenvalue weighted by atomic mass is 35.5. The number of hydrogen-bond donors (Lipinski definition) is 1. The maximum atomic E-state index is 11.7. The molecular formula is C12H16ClNO4S. The van der Waals surface area contributed by atoms with Gasteiger partial charge in [0.1, 0.15) is 15.6 Å². The van der Waals surface area contributed by atoms with Crippen molar-refractivity contribution >= 4 is 33.0 Å². The van der Waals surface area contributed by atoms with Crippen molar-refractivity contribution < 1.29 is 17.9 Å². The summed E-state index contributed by atoms with van der Waals surface area (Å²) in [7, 11) is -1.69. The zero-order valence-electron chi connectivity index (χ0n) is 11.0. The van der Waals surface area contributed by atoms with Crippen LogP contribution in [0.3, 0.4) is 0 Å². The maximum Gasteiger partial charge on any atom is 0.225 e. The first kappa shape index (κ1) is 15.8. The summed E-state index contributed by atoms with van der Waals surface area (Å²) in [4.78, 5) is 11.7. The summed E-state index contributed by atoms with van der Waals surface area (Å²) in [5.41, 5.74) is 1.27. The summed E-state index contributed by atoms with van der Waals surface area (Å²) in [5.74, 6) is -0.137. The maximum absolute atomic E-state index is 11.7. The molecule has 0 aliphatic carbocycles. The molecule has 1 aromatic carbocycles. The Kier molecular flexibility index (Phi) is 5.20. The Morgan fingerprint density at radius 1 is 1.42 bits per heavy atom. The highest BCUT2D eigenvalue weighted by Gasteiger charge is 2.12. The molecule has 0 radical (unpaired) electrons. The van der Waals surface area contributed by atoms with E-state index >= 15 is 0 Å². The predicted molar refractivity (Wildman–Crippen MR) is 75.7 cm³/mol. The molecule has 1 rings (SSSR count). The number of aryl methyl sites for hydroxylation is 1. The van der Waals surface area contributed by atoms with Crippen LogP contribution in [-0.4, -0.2) is 33.4 Å². The number of anilines is 1. The molecule has 0 aromatic heterocycles. The number of carbonyl (C=O) groups is 1. The Labute approximate surface area is 117 Å². The third-order valence-corrected chi connectivity index (χ3v) is 3.81. The molecule has 0 aliphatic rings. The zero-order valence-corrected chi connectivity index (χ0v) is 12.6. The number of nitrogens with one attached hydrogen (secondary N) is 1. The molecule has 7 heteroatoms. The van der Waals surface area contributed by atoms with E-state index in [1.54, 1.807) is 19.1 Å². The number of rotatable bonds is 5. The highest BCUT2D eigenvalue weighted by Crippen LogP contribution is 2.30. The van der Waals surface area contributed by atoms with Crippen LogP contribution < -0.4 is 10.1 Å². The molecule has 0 bridgehead atoms. The van der Waals surface area contributed by atoms with E-state index in [2.05, 4.69) is 5.32 Å².